The van der Waals surface area contributed by atoms with Crippen molar-refractivity contribution in [1.82, 2.24) is 9.88 Å². The van der Waals surface area contributed by atoms with Crippen LogP contribution in [0.3, 0.4) is 0 Å². The summed E-state index contributed by atoms with van der Waals surface area (Å²) in [6, 6.07) is 11.3. The van der Waals surface area contributed by atoms with Crippen molar-refractivity contribution < 1.29 is 22.7 Å². The number of aryl methyl sites for hydroxylation is 2. The second kappa shape index (κ2) is 9.66. The average Bonchev–Trinajstić information content (AvgIpc) is 3.09. The molecule has 1 aromatic heterocycles. The zero-order chi connectivity index (χ0) is 26.3. The van der Waals surface area contributed by atoms with Crippen molar-refractivity contribution in [3.05, 3.63) is 64.3 Å². The molecule has 1 amide bonds. The lowest BCUT2D eigenvalue weighted by Gasteiger charge is -2.22. The van der Waals surface area contributed by atoms with Gasteiger partial charge in [-0.2, -0.15) is 0 Å². The number of ether oxygens (including phenoxy) is 1. The van der Waals surface area contributed by atoms with Gasteiger partial charge in [-0.05, 0) is 83.0 Å². The minimum atomic E-state index is -3.92. The third-order valence-electron chi connectivity index (χ3n) is 5.75. The molecule has 0 radical (unpaired) electrons. The highest BCUT2D eigenvalue weighted by atomic mass is 35.5. The number of carbonyl (C=O) groups excluding carboxylic acids is 2. The van der Waals surface area contributed by atoms with Crippen LogP contribution >= 0.6 is 11.6 Å². The van der Waals surface area contributed by atoms with Crippen LogP contribution in [0.2, 0.25) is 5.02 Å². The number of carbonyl (C=O) groups is 2. The van der Waals surface area contributed by atoms with E-state index in [1.54, 1.807) is 43.5 Å². The summed E-state index contributed by atoms with van der Waals surface area (Å²) in [5.41, 5.74) is 2.26. The molecule has 0 aliphatic carbocycles. The maximum Gasteiger partial charge on any atom is 0.324 e. The Morgan fingerprint density at radius 3 is 2.23 bits per heavy atom. The fourth-order valence-corrected chi connectivity index (χ4v) is 5.30. The predicted molar refractivity (Wildman–Crippen MR) is 137 cm³/mol. The lowest BCUT2D eigenvalue weighted by Crippen LogP contribution is -2.35. The first kappa shape index (κ1) is 26.8. The predicted octanol–water partition coefficient (Wildman–Crippen LogP) is 5.14. The summed E-state index contributed by atoms with van der Waals surface area (Å²) in [6.45, 7) is 10.1. The van der Waals surface area contributed by atoms with E-state index in [0.29, 0.717) is 10.7 Å². The molecule has 7 nitrogen and oxygen atoms in total. The van der Waals surface area contributed by atoms with Gasteiger partial charge in [0, 0.05) is 12.4 Å². The van der Waals surface area contributed by atoms with Gasteiger partial charge in [-0.3, -0.25) is 9.59 Å². The molecule has 2 unspecified atom stereocenters. The first-order chi connectivity index (χ1) is 16.1. The molecule has 9 heteroatoms. The molecule has 0 saturated carbocycles. The van der Waals surface area contributed by atoms with Crippen molar-refractivity contribution >= 4 is 44.2 Å². The molecule has 35 heavy (non-hydrogen) atoms. The number of esters is 1. The number of aromatic nitrogens is 1. The average molecular weight is 519 g/mol. The molecule has 0 aliphatic heterocycles. The van der Waals surface area contributed by atoms with Crippen molar-refractivity contribution in [2.75, 3.05) is 0 Å². The van der Waals surface area contributed by atoms with E-state index in [9.17, 15) is 18.0 Å². The van der Waals surface area contributed by atoms with Crippen molar-refractivity contribution in [2.24, 2.45) is 7.05 Å². The number of nitrogens with one attached hydrogen (secondary N) is 1. The molecular formula is C26H31ClN2O5S. The molecule has 2 aromatic carbocycles. The Bertz CT molecular complexity index is 1390. The topological polar surface area (TPSA) is 94.5 Å². The van der Waals surface area contributed by atoms with Crippen LogP contribution in [0.5, 0.6) is 0 Å². The van der Waals surface area contributed by atoms with Crippen molar-refractivity contribution in [2.45, 2.75) is 63.3 Å². The summed E-state index contributed by atoms with van der Waals surface area (Å²) in [5.74, 6) is -1.08. The zero-order valence-electron chi connectivity index (χ0n) is 21.0. The van der Waals surface area contributed by atoms with Gasteiger partial charge in [0.2, 0.25) is 0 Å². The summed E-state index contributed by atoms with van der Waals surface area (Å²) in [6.07, 6.45) is 0. The molecular weight excluding hydrogens is 488 g/mol. The molecule has 0 spiro atoms. The SMILES string of the molecule is Cc1cc(Cl)c2cc(C(=O)NC(C)c3ccc(S(=O)(=O)C(C)C(=O)OC(C)(C)C)cc3)n(C)c2c1. The van der Waals surface area contributed by atoms with E-state index in [1.165, 1.54) is 19.1 Å². The van der Waals surface area contributed by atoms with E-state index in [4.69, 9.17) is 16.3 Å². The Morgan fingerprint density at radius 2 is 1.66 bits per heavy atom. The normalized spacial score (nSPS) is 13.9. The fraction of sp³-hybridized carbons (Fsp3) is 0.385. The standard InChI is InChI=1S/C26H31ClN2O5S/c1-15-12-21(27)20-14-23(29(7)22(20)13-15)24(30)28-16(2)18-8-10-19(11-9-18)35(32,33)17(3)25(31)34-26(4,5)6/h8-14,16-17H,1-7H3,(H,28,30). The van der Waals surface area contributed by atoms with Crippen LogP contribution in [0.15, 0.2) is 47.4 Å². The minimum Gasteiger partial charge on any atom is -0.459 e. The van der Waals surface area contributed by atoms with Gasteiger partial charge in [-0.1, -0.05) is 23.7 Å². The highest BCUT2D eigenvalue weighted by Crippen LogP contribution is 2.28. The van der Waals surface area contributed by atoms with Gasteiger partial charge < -0.3 is 14.6 Å². The third-order valence-corrected chi connectivity index (χ3v) is 8.11. The van der Waals surface area contributed by atoms with E-state index in [-0.39, 0.29) is 10.8 Å². The van der Waals surface area contributed by atoms with Crippen LogP contribution in [-0.2, 0) is 26.4 Å². The van der Waals surface area contributed by atoms with Gasteiger partial charge in [-0.25, -0.2) is 8.42 Å². The second-order valence-corrected chi connectivity index (χ2v) is 12.4. The number of fused-ring (bicyclic) bond motifs is 1. The lowest BCUT2D eigenvalue weighted by atomic mass is 10.1. The van der Waals surface area contributed by atoms with Gasteiger partial charge in [0.05, 0.1) is 21.5 Å². The smallest absolute Gasteiger partial charge is 0.324 e. The van der Waals surface area contributed by atoms with E-state index >= 15 is 0 Å². The number of hydrogen-bond donors (Lipinski definition) is 1. The van der Waals surface area contributed by atoms with Crippen LogP contribution in [0, 0.1) is 6.92 Å². The molecule has 3 aromatic rings. The highest BCUT2D eigenvalue weighted by Gasteiger charge is 2.33. The summed E-state index contributed by atoms with van der Waals surface area (Å²) in [7, 11) is -2.12. The Labute approximate surface area is 211 Å². The quantitative estimate of drug-likeness (QED) is 0.456. The maximum absolute atomic E-state index is 13.0. The Hall–Kier alpha value is -2.84. The number of amides is 1. The number of rotatable bonds is 6. The maximum atomic E-state index is 13.0. The van der Waals surface area contributed by atoms with Crippen molar-refractivity contribution in [3.8, 4) is 0 Å². The number of nitrogens with zero attached hydrogens (tertiary/aromatic N) is 1. The summed E-state index contributed by atoms with van der Waals surface area (Å²) in [4.78, 5) is 25.3. The number of hydrogen-bond acceptors (Lipinski definition) is 5. The Kier molecular flexibility index (Phi) is 7.39. The molecule has 0 saturated heterocycles. The fourth-order valence-electron chi connectivity index (χ4n) is 3.75. The van der Waals surface area contributed by atoms with Crippen LogP contribution < -0.4 is 5.32 Å². The van der Waals surface area contributed by atoms with Crippen LogP contribution in [-0.4, -0.2) is 35.7 Å². The first-order valence-corrected chi connectivity index (χ1v) is 13.2. The van der Waals surface area contributed by atoms with E-state index < -0.39 is 32.7 Å². The summed E-state index contributed by atoms with van der Waals surface area (Å²) in [5, 5.41) is 2.99. The Morgan fingerprint density at radius 1 is 1.06 bits per heavy atom. The lowest BCUT2D eigenvalue weighted by molar-refractivity contribution is -0.153. The largest absolute Gasteiger partial charge is 0.459 e. The molecule has 2 atom stereocenters. The van der Waals surface area contributed by atoms with Crippen molar-refractivity contribution in [1.29, 1.82) is 0 Å². The highest BCUT2D eigenvalue weighted by molar-refractivity contribution is 7.92. The summed E-state index contributed by atoms with van der Waals surface area (Å²) >= 11 is 6.36. The van der Waals surface area contributed by atoms with Crippen LogP contribution in [0.1, 0.15) is 62.3 Å². The van der Waals surface area contributed by atoms with Gasteiger partial charge in [-0.15, -0.1) is 0 Å². The minimum absolute atomic E-state index is 0.0110. The molecule has 0 bridgehead atoms. The second-order valence-electron chi connectivity index (χ2n) is 9.75. The van der Waals surface area contributed by atoms with E-state index in [1.807, 2.05) is 33.0 Å². The van der Waals surface area contributed by atoms with Crippen LogP contribution in [0.4, 0.5) is 0 Å². The van der Waals surface area contributed by atoms with Crippen LogP contribution in [0.25, 0.3) is 10.9 Å². The van der Waals surface area contributed by atoms with Gasteiger partial charge in [0.25, 0.3) is 5.91 Å². The number of sulfone groups is 1. The van der Waals surface area contributed by atoms with Gasteiger partial charge in [0.15, 0.2) is 15.1 Å². The monoisotopic (exact) mass is 518 g/mol. The number of benzene rings is 2. The van der Waals surface area contributed by atoms with E-state index in [0.717, 1.165) is 22.0 Å². The first-order valence-electron chi connectivity index (χ1n) is 11.2. The molecule has 0 aliphatic rings. The third kappa shape index (κ3) is 5.70. The van der Waals surface area contributed by atoms with Gasteiger partial charge >= 0.3 is 5.97 Å². The molecule has 3 rings (SSSR count). The molecule has 1 heterocycles. The molecule has 1 N–H and O–H groups in total. The van der Waals surface area contributed by atoms with Gasteiger partial charge in [0.1, 0.15) is 11.3 Å². The number of halogens is 1. The molecule has 188 valence electrons. The van der Waals surface area contributed by atoms with Crippen molar-refractivity contribution in [3.63, 3.8) is 0 Å². The zero-order valence-corrected chi connectivity index (χ0v) is 22.5. The Balaban J connectivity index is 1.77. The van der Waals surface area contributed by atoms with E-state index in [2.05, 4.69) is 5.32 Å². The summed E-state index contributed by atoms with van der Waals surface area (Å²) < 4.78 is 32.8. The molecule has 0 fully saturated rings.